The number of halogens is 2. The van der Waals surface area contributed by atoms with Crippen molar-refractivity contribution >= 4 is 27.5 Å². The van der Waals surface area contributed by atoms with Gasteiger partial charge in [0.2, 0.25) is 0 Å². The van der Waals surface area contributed by atoms with Crippen LogP contribution in [0, 0.1) is 0 Å². The SMILES string of the molecule is Clc1ccc(Br)cc1CN1CCCC1C1CCCN1. The van der Waals surface area contributed by atoms with Gasteiger partial charge in [0.25, 0.3) is 0 Å². The number of likely N-dealkylation sites (tertiary alicyclic amines) is 1. The number of nitrogens with zero attached hydrogens (tertiary/aromatic N) is 1. The van der Waals surface area contributed by atoms with Crippen LogP contribution in [0.5, 0.6) is 0 Å². The Morgan fingerprint density at radius 3 is 3.00 bits per heavy atom. The first kappa shape index (κ1) is 13.9. The molecule has 104 valence electrons. The summed E-state index contributed by atoms with van der Waals surface area (Å²) >= 11 is 9.86. The van der Waals surface area contributed by atoms with Gasteiger partial charge in [-0.3, -0.25) is 4.90 Å². The molecule has 0 bridgehead atoms. The summed E-state index contributed by atoms with van der Waals surface area (Å²) in [7, 11) is 0. The Morgan fingerprint density at radius 2 is 2.21 bits per heavy atom. The van der Waals surface area contributed by atoms with Crippen molar-refractivity contribution in [2.75, 3.05) is 13.1 Å². The molecule has 2 heterocycles. The molecule has 2 unspecified atom stereocenters. The van der Waals surface area contributed by atoms with E-state index in [0.29, 0.717) is 12.1 Å². The summed E-state index contributed by atoms with van der Waals surface area (Å²) in [4.78, 5) is 2.61. The van der Waals surface area contributed by atoms with E-state index in [1.165, 1.54) is 44.3 Å². The maximum Gasteiger partial charge on any atom is 0.0451 e. The molecular weight excluding hydrogens is 324 g/mol. The van der Waals surface area contributed by atoms with Gasteiger partial charge in [-0.1, -0.05) is 27.5 Å². The highest BCUT2D eigenvalue weighted by atomic mass is 79.9. The number of nitrogens with one attached hydrogen (secondary N) is 1. The van der Waals surface area contributed by atoms with E-state index in [-0.39, 0.29) is 0 Å². The standard InChI is InChI=1S/C15H20BrClN2/c16-12-5-6-13(17)11(9-12)10-19-8-2-4-15(19)14-3-1-7-18-14/h5-6,9,14-15,18H,1-4,7-8,10H2. The van der Waals surface area contributed by atoms with Crippen LogP contribution in [0.2, 0.25) is 5.02 Å². The maximum absolute atomic E-state index is 6.32. The van der Waals surface area contributed by atoms with Crippen LogP contribution in [-0.2, 0) is 6.54 Å². The summed E-state index contributed by atoms with van der Waals surface area (Å²) in [6, 6.07) is 7.52. The van der Waals surface area contributed by atoms with E-state index >= 15 is 0 Å². The van der Waals surface area contributed by atoms with Crippen LogP contribution in [0.4, 0.5) is 0 Å². The fraction of sp³-hybridized carbons (Fsp3) is 0.600. The highest BCUT2D eigenvalue weighted by molar-refractivity contribution is 9.10. The lowest BCUT2D eigenvalue weighted by Crippen LogP contribution is -2.43. The van der Waals surface area contributed by atoms with Gasteiger partial charge in [0.1, 0.15) is 0 Å². The Morgan fingerprint density at radius 1 is 1.32 bits per heavy atom. The lowest BCUT2D eigenvalue weighted by molar-refractivity contribution is 0.206. The third kappa shape index (κ3) is 3.15. The lowest BCUT2D eigenvalue weighted by Gasteiger charge is -2.29. The molecular formula is C15H20BrClN2. The molecule has 0 radical (unpaired) electrons. The van der Waals surface area contributed by atoms with Crippen molar-refractivity contribution in [3.8, 4) is 0 Å². The predicted molar refractivity (Wildman–Crippen MR) is 83.6 cm³/mol. The normalized spacial score (nSPS) is 28.1. The number of hydrogen-bond donors (Lipinski definition) is 1. The predicted octanol–water partition coefficient (Wildman–Crippen LogP) is 3.82. The second-order valence-corrected chi connectivity index (χ2v) is 6.94. The van der Waals surface area contributed by atoms with Gasteiger partial charge < -0.3 is 5.32 Å². The van der Waals surface area contributed by atoms with Crippen molar-refractivity contribution in [1.82, 2.24) is 10.2 Å². The van der Waals surface area contributed by atoms with Crippen LogP contribution >= 0.6 is 27.5 Å². The van der Waals surface area contributed by atoms with E-state index in [4.69, 9.17) is 11.6 Å². The molecule has 2 fully saturated rings. The van der Waals surface area contributed by atoms with Crippen molar-refractivity contribution in [2.24, 2.45) is 0 Å². The molecule has 0 amide bonds. The Kier molecular flexibility index (Phi) is 4.47. The number of rotatable bonds is 3. The fourth-order valence-corrected chi connectivity index (χ4v) is 4.01. The van der Waals surface area contributed by atoms with Crippen molar-refractivity contribution in [3.05, 3.63) is 33.3 Å². The maximum atomic E-state index is 6.32. The number of benzene rings is 1. The second kappa shape index (κ2) is 6.13. The molecule has 2 nitrogen and oxygen atoms in total. The van der Waals surface area contributed by atoms with Crippen LogP contribution in [-0.4, -0.2) is 30.1 Å². The monoisotopic (exact) mass is 342 g/mol. The third-order valence-corrected chi connectivity index (χ3v) is 5.22. The van der Waals surface area contributed by atoms with Crippen LogP contribution in [0.15, 0.2) is 22.7 Å². The Balaban J connectivity index is 1.72. The highest BCUT2D eigenvalue weighted by Gasteiger charge is 2.33. The molecule has 2 saturated heterocycles. The Hall–Kier alpha value is -0.0900. The summed E-state index contributed by atoms with van der Waals surface area (Å²) in [6.07, 6.45) is 5.29. The zero-order valence-corrected chi connectivity index (χ0v) is 13.4. The molecule has 0 aliphatic carbocycles. The van der Waals surface area contributed by atoms with E-state index in [1.54, 1.807) is 0 Å². The molecule has 3 rings (SSSR count). The largest absolute Gasteiger partial charge is 0.312 e. The van der Waals surface area contributed by atoms with Crippen molar-refractivity contribution in [3.63, 3.8) is 0 Å². The number of hydrogen-bond acceptors (Lipinski definition) is 2. The van der Waals surface area contributed by atoms with E-state index in [2.05, 4.69) is 32.2 Å². The molecule has 0 spiro atoms. The van der Waals surface area contributed by atoms with Crippen LogP contribution in [0.1, 0.15) is 31.2 Å². The van der Waals surface area contributed by atoms with E-state index in [9.17, 15) is 0 Å². The molecule has 1 aromatic carbocycles. The minimum atomic E-state index is 0.688. The van der Waals surface area contributed by atoms with E-state index in [1.807, 2.05) is 12.1 Å². The summed E-state index contributed by atoms with van der Waals surface area (Å²) in [5.41, 5.74) is 1.24. The van der Waals surface area contributed by atoms with Crippen molar-refractivity contribution in [1.29, 1.82) is 0 Å². The second-order valence-electron chi connectivity index (χ2n) is 5.62. The lowest BCUT2D eigenvalue weighted by atomic mass is 10.0. The summed E-state index contributed by atoms with van der Waals surface area (Å²) in [5, 5.41) is 4.54. The van der Waals surface area contributed by atoms with E-state index in [0.717, 1.165) is 16.0 Å². The van der Waals surface area contributed by atoms with Gasteiger partial charge in [-0.05, 0) is 62.5 Å². The Labute approximate surface area is 128 Å². The molecule has 2 aliphatic rings. The average molecular weight is 344 g/mol. The molecule has 1 aromatic rings. The minimum absolute atomic E-state index is 0.688. The van der Waals surface area contributed by atoms with Gasteiger partial charge in [0, 0.05) is 28.1 Å². The van der Waals surface area contributed by atoms with Gasteiger partial charge in [-0.2, -0.15) is 0 Å². The van der Waals surface area contributed by atoms with Crippen molar-refractivity contribution in [2.45, 2.75) is 44.3 Å². The van der Waals surface area contributed by atoms with Gasteiger partial charge in [0.05, 0.1) is 0 Å². The van der Waals surface area contributed by atoms with Crippen LogP contribution in [0.25, 0.3) is 0 Å². The summed E-state index contributed by atoms with van der Waals surface area (Å²) < 4.78 is 1.11. The molecule has 2 atom stereocenters. The zero-order chi connectivity index (χ0) is 13.2. The fourth-order valence-electron chi connectivity index (χ4n) is 3.43. The third-order valence-electron chi connectivity index (χ3n) is 4.36. The van der Waals surface area contributed by atoms with Crippen LogP contribution < -0.4 is 5.32 Å². The average Bonchev–Trinajstić information content (AvgIpc) is 3.03. The van der Waals surface area contributed by atoms with Crippen LogP contribution in [0.3, 0.4) is 0 Å². The first-order valence-corrected chi connectivity index (χ1v) is 8.32. The van der Waals surface area contributed by atoms with Gasteiger partial charge in [-0.15, -0.1) is 0 Å². The first-order chi connectivity index (χ1) is 9.24. The van der Waals surface area contributed by atoms with Gasteiger partial charge >= 0.3 is 0 Å². The summed E-state index contributed by atoms with van der Waals surface area (Å²) in [6.45, 7) is 3.36. The van der Waals surface area contributed by atoms with E-state index < -0.39 is 0 Å². The molecule has 0 saturated carbocycles. The molecule has 2 aliphatic heterocycles. The zero-order valence-electron chi connectivity index (χ0n) is 11.0. The topological polar surface area (TPSA) is 15.3 Å². The quantitative estimate of drug-likeness (QED) is 0.897. The van der Waals surface area contributed by atoms with Gasteiger partial charge in [0.15, 0.2) is 0 Å². The molecule has 1 N–H and O–H groups in total. The van der Waals surface area contributed by atoms with Gasteiger partial charge in [-0.25, -0.2) is 0 Å². The smallest absolute Gasteiger partial charge is 0.0451 e. The Bertz CT molecular complexity index is 446. The molecule has 4 heteroatoms. The molecule has 0 aromatic heterocycles. The van der Waals surface area contributed by atoms with Crippen molar-refractivity contribution < 1.29 is 0 Å². The highest BCUT2D eigenvalue weighted by Crippen LogP contribution is 2.29. The summed E-state index contributed by atoms with van der Waals surface area (Å²) in [5.74, 6) is 0. The minimum Gasteiger partial charge on any atom is -0.312 e. The first-order valence-electron chi connectivity index (χ1n) is 7.15. The molecule has 19 heavy (non-hydrogen) atoms.